The summed E-state index contributed by atoms with van der Waals surface area (Å²) in [5.74, 6) is 0.520. The van der Waals surface area contributed by atoms with Gasteiger partial charge in [0.15, 0.2) is 5.16 Å². The quantitative estimate of drug-likeness (QED) is 0.747. The van der Waals surface area contributed by atoms with Crippen molar-refractivity contribution in [3.63, 3.8) is 0 Å². The van der Waals surface area contributed by atoms with E-state index < -0.39 is 6.10 Å². The summed E-state index contributed by atoms with van der Waals surface area (Å²) in [4.78, 5) is 0. The topological polar surface area (TPSA) is 60.2 Å². The van der Waals surface area contributed by atoms with Gasteiger partial charge in [0.2, 0.25) is 0 Å². The third-order valence-corrected chi connectivity index (χ3v) is 4.35. The molecular formula is C15H20ClN3O2S. The van der Waals surface area contributed by atoms with Crippen molar-refractivity contribution in [2.45, 2.75) is 37.8 Å². The predicted molar refractivity (Wildman–Crippen MR) is 88.2 cm³/mol. The van der Waals surface area contributed by atoms with E-state index in [0.717, 1.165) is 10.7 Å². The Hall–Kier alpha value is -1.08. The van der Waals surface area contributed by atoms with E-state index in [9.17, 15) is 5.11 Å². The van der Waals surface area contributed by atoms with Crippen molar-refractivity contribution in [2.24, 2.45) is 0 Å². The van der Waals surface area contributed by atoms with Crippen LogP contribution in [0, 0.1) is 0 Å². The van der Waals surface area contributed by atoms with Crippen LogP contribution in [-0.4, -0.2) is 38.3 Å². The van der Waals surface area contributed by atoms with E-state index in [0.29, 0.717) is 23.4 Å². The van der Waals surface area contributed by atoms with Gasteiger partial charge in [-0.1, -0.05) is 35.5 Å². The van der Waals surface area contributed by atoms with Crippen LogP contribution in [0.25, 0.3) is 0 Å². The fourth-order valence-corrected chi connectivity index (χ4v) is 2.88. The standard InChI is InChI=1S/C15H20ClN3O2S/c1-11(2)19-10-17-18-15(19)22-9-14(20)8-21-7-12-3-5-13(16)6-4-12/h3-6,10-11,14,20H,7-9H2,1-2H3. The zero-order valence-corrected chi connectivity index (χ0v) is 14.2. The number of nitrogens with zero attached hydrogens (tertiary/aromatic N) is 3. The van der Waals surface area contributed by atoms with E-state index in [4.69, 9.17) is 16.3 Å². The van der Waals surface area contributed by atoms with Crippen LogP contribution >= 0.6 is 23.4 Å². The van der Waals surface area contributed by atoms with E-state index in [1.807, 2.05) is 28.8 Å². The zero-order valence-electron chi connectivity index (χ0n) is 12.6. The van der Waals surface area contributed by atoms with Crippen LogP contribution in [0.4, 0.5) is 0 Å². The van der Waals surface area contributed by atoms with Crippen LogP contribution in [-0.2, 0) is 11.3 Å². The maximum absolute atomic E-state index is 9.98. The van der Waals surface area contributed by atoms with Crippen LogP contribution in [0.5, 0.6) is 0 Å². The van der Waals surface area contributed by atoms with E-state index in [1.54, 1.807) is 6.33 Å². The van der Waals surface area contributed by atoms with Crippen molar-refractivity contribution in [1.82, 2.24) is 14.8 Å². The summed E-state index contributed by atoms with van der Waals surface area (Å²) in [6.45, 7) is 4.88. The van der Waals surface area contributed by atoms with Crippen LogP contribution in [0.1, 0.15) is 25.5 Å². The molecule has 0 aliphatic heterocycles. The molecule has 1 aromatic carbocycles. The Labute approximate surface area is 139 Å². The van der Waals surface area contributed by atoms with Crippen molar-refractivity contribution in [3.05, 3.63) is 41.2 Å². The number of aliphatic hydroxyl groups is 1. The van der Waals surface area contributed by atoms with Gasteiger partial charge >= 0.3 is 0 Å². The number of rotatable bonds is 8. The number of halogens is 1. The Balaban J connectivity index is 1.70. The molecule has 1 aromatic heterocycles. The van der Waals surface area contributed by atoms with Gasteiger partial charge in [-0.3, -0.25) is 0 Å². The van der Waals surface area contributed by atoms with Crippen molar-refractivity contribution < 1.29 is 9.84 Å². The van der Waals surface area contributed by atoms with E-state index in [-0.39, 0.29) is 6.61 Å². The number of hydrogen-bond donors (Lipinski definition) is 1. The van der Waals surface area contributed by atoms with Crippen LogP contribution in [0.15, 0.2) is 35.7 Å². The van der Waals surface area contributed by atoms with E-state index >= 15 is 0 Å². The molecule has 7 heteroatoms. The third-order valence-electron chi connectivity index (χ3n) is 2.99. The highest BCUT2D eigenvalue weighted by atomic mass is 35.5. The molecule has 0 bridgehead atoms. The smallest absolute Gasteiger partial charge is 0.191 e. The molecule has 120 valence electrons. The number of aromatic nitrogens is 3. The minimum atomic E-state index is -0.547. The molecule has 1 N–H and O–H groups in total. The highest BCUT2D eigenvalue weighted by Gasteiger charge is 2.11. The number of ether oxygens (including phenoxy) is 1. The van der Waals surface area contributed by atoms with E-state index in [1.165, 1.54) is 11.8 Å². The van der Waals surface area contributed by atoms with Crippen molar-refractivity contribution in [3.8, 4) is 0 Å². The van der Waals surface area contributed by atoms with Crippen molar-refractivity contribution in [1.29, 1.82) is 0 Å². The second-order valence-electron chi connectivity index (χ2n) is 5.22. The first-order valence-electron chi connectivity index (χ1n) is 7.09. The Kier molecular flexibility index (Phi) is 6.70. The molecule has 2 rings (SSSR count). The highest BCUT2D eigenvalue weighted by Crippen LogP contribution is 2.19. The van der Waals surface area contributed by atoms with Gasteiger partial charge in [0.05, 0.1) is 19.3 Å². The lowest BCUT2D eigenvalue weighted by atomic mass is 10.2. The maximum Gasteiger partial charge on any atom is 0.191 e. The normalized spacial score (nSPS) is 12.8. The first-order valence-corrected chi connectivity index (χ1v) is 8.45. The first kappa shape index (κ1) is 17.3. The lowest BCUT2D eigenvalue weighted by Crippen LogP contribution is -2.18. The summed E-state index contributed by atoms with van der Waals surface area (Å²) in [6.07, 6.45) is 1.16. The Morgan fingerprint density at radius 1 is 1.32 bits per heavy atom. The van der Waals surface area contributed by atoms with Gasteiger partial charge < -0.3 is 14.4 Å². The molecule has 0 radical (unpaired) electrons. The molecule has 0 fully saturated rings. The summed E-state index contributed by atoms with van der Waals surface area (Å²) in [7, 11) is 0. The van der Waals surface area contributed by atoms with Gasteiger partial charge in [0.1, 0.15) is 6.33 Å². The number of hydrogen-bond acceptors (Lipinski definition) is 5. The second-order valence-corrected chi connectivity index (χ2v) is 6.64. The number of benzene rings is 1. The minimum Gasteiger partial charge on any atom is -0.390 e. The van der Waals surface area contributed by atoms with Crippen LogP contribution < -0.4 is 0 Å². The SMILES string of the molecule is CC(C)n1cnnc1SCC(O)COCc1ccc(Cl)cc1. The minimum absolute atomic E-state index is 0.283. The third kappa shape index (κ3) is 5.28. The summed E-state index contributed by atoms with van der Waals surface area (Å²) < 4.78 is 7.50. The molecule has 0 aliphatic carbocycles. The fraction of sp³-hybridized carbons (Fsp3) is 0.467. The van der Waals surface area contributed by atoms with Crippen molar-refractivity contribution >= 4 is 23.4 Å². The van der Waals surface area contributed by atoms with E-state index in [2.05, 4.69) is 24.0 Å². The van der Waals surface area contributed by atoms with Crippen LogP contribution in [0.2, 0.25) is 5.02 Å². The fourth-order valence-electron chi connectivity index (χ4n) is 1.80. The molecule has 2 aromatic rings. The molecule has 5 nitrogen and oxygen atoms in total. The Morgan fingerprint density at radius 3 is 2.73 bits per heavy atom. The average Bonchev–Trinajstić information content (AvgIpc) is 2.96. The van der Waals surface area contributed by atoms with Crippen molar-refractivity contribution in [2.75, 3.05) is 12.4 Å². The highest BCUT2D eigenvalue weighted by molar-refractivity contribution is 7.99. The lowest BCUT2D eigenvalue weighted by molar-refractivity contribution is 0.0397. The molecule has 1 atom stereocenters. The van der Waals surface area contributed by atoms with Gasteiger partial charge in [-0.05, 0) is 31.5 Å². The summed E-state index contributed by atoms with van der Waals surface area (Å²) in [5, 5.41) is 19.4. The first-order chi connectivity index (χ1) is 10.6. The Bertz CT molecular complexity index is 574. The maximum atomic E-state index is 9.98. The molecule has 1 heterocycles. The van der Waals surface area contributed by atoms with Gasteiger partial charge in [-0.15, -0.1) is 10.2 Å². The lowest BCUT2D eigenvalue weighted by Gasteiger charge is -2.13. The van der Waals surface area contributed by atoms with Gasteiger partial charge in [-0.2, -0.15) is 0 Å². The van der Waals surface area contributed by atoms with Gasteiger partial charge in [0, 0.05) is 16.8 Å². The largest absolute Gasteiger partial charge is 0.390 e. The second kappa shape index (κ2) is 8.53. The molecular weight excluding hydrogens is 322 g/mol. The monoisotopic (exact) mass is 341 g/mol. The molecule has 1 unspecified atom stereocenters. The summed E-state index contributed by atoms with van der Waals surface area (Å²) in [5.41, 5.74) is 1.03. The average molecular weight is 342 g/mol. The molecule has 0 amide bonds. The molecule has 0 saturated carbocycles. The molecule has 22 heavy (non-hydrogen) atoms. The molecule has 0 spiro atoms. The number of aliphatic hydroxyl groups excluding tert-OH is 1. The molecule has 0 aliphatic rings. The van der Waals surface area contributed by atoms with Crippen LogP contribution in [0.3, 0.4) is 0 Å². The predicted octanol–water partition coefficient (Wildman–Crippen LogP) is 3.18. The van der Waals surface area contributed by atoms with Gasteiger partial charge in [0.25, 0.3) is 0 Å². The summed E-state index contributed by atoms with van der Waals surface area (Å²) in [6, 6.07) is 7.77. The van der Waals surface area contributed by atoms with Gasteiger partial charge in [-0.25, -0.2) is 0 Å². The number of thioether (sulfide) groups is 1. The Morgan fingerprint density at radius 2 is 2.05 bits per heavy atom. The molecule has 0 saturated heterocycles. The summed E-state index contributed by atoms with van der Waals surface area (Å²) >= 11 is 7.30. The zero-order chi connectivity index (χ0) is 15.9.